The quantitative estimate of drug-likeness (QED) is 0.562. The highest BCUT2D eigenvalue weighted by atomic mass is 16.5. The SMILES string of the molecule is CCOC(=O)c1c(-c2ccccc2)oc2cc(C(=O)N3CCCCC3)c(OC)cc12. The van der Waals surface area contributed by atoms with Gasteiger partial charge in [0.25, 0.3) is 5.91 Å². The summed E-state index contributed by atoms with van der Waals surface area (Å²) in [5.41, 5.74) is 2.00. The molecule has 0 atom stereocenters. The number of amides is 1. The molecule has 3 aromatic rings. The number of carbonyl (C=O) groups is 2. The zero-order valence-corrected chi connectivity index (χ0v) is 17.3. The van der Waals surface area contributed by atoms with E-state index in [1.807, 2.05) is 35.2 Å². The third-order valence-corrected chi connectivity index (χ3v) is 5.40. The van der Waals surface area contributed by atoms with Crippen LogP contribution in [0.4, 0.5) is 0 Å². The molecule has 1 aromatic heterocycles. The van der Waals surface area contributed by atoms with Crippen molar-refractivity contribution >= 4 is 22.8 Å². The number of hydrogen-bond acceptors (Lipinski definition) is 5. The molecule has 0 saturated carbocycles. The van der Waals surface area contributed by atoms with Crippen LogP contribution in [0.3, 0.4) is 0 Å². The van der Waals surface area contributed by atoms with Gasteiger partial charge in [-0.15, -0.1) is 0 Å². The van der Waals surface area contributed by atoms with Crippen molar-refractivity contribution in [2.45, 2.75) is 26.2 Å². The highest BCUT2D eigenvalue weighted by molar-refractivity contribution is 6.11. The molecule has 6 heteroatoms. The number of ether oxygens (including phenoxy) is 2. The largest absolute Gasteiger partial charge is 0.496 e. The maximum Gasteiger partial charge on any atom is 0.342 e. The lowest BCUT2D eigenvalue weighted by Gasteiger charge is -2.27. The van der Waals surface area contributed by atoms with Gasteiger partial charge >= 0.3 is 5.97 Å². The van der Waals surface area contributed by atoms with Crippen molar-refractivity contribution in [2.24, 2.45) is 0 Å². The highest BCUT2D eigenvalue weighted by Crippen LogP contribution is 2.38. The predicted molar refractivity (Wildman–Crippen MR) is 114 cm³/mol. The Balaban J connectivity index is 1.88. The molecule has 2 heterocycles. The molecule has 1 amide bonds. The van der Waals surface area contributed by atoms with Gasteiger partial charge in [0.15, 0.2) is 0 Å². The lowest BCUT2D eigenvalue weighted by molar-refractivity contribution is 0.0528. The van der Waals surface area contributed by atoms with Gasteiger partial charge in [-0.1, -0.05) is 30.3 Å². The van der Waals surface area contributed by atoms with Crippen molar-refractivity contribution in [1.29, 1.82) is 0 Å². The Hall–Kier alpha value is -3.28. The first kappa shape index (κ1) is 20.0. The zero-order chi connectivity index (χ0) is 21.1. The number of benzene rings is 2. The Morgan fingerprint density at radius 2 is 1.80 bits per heavy atom. The van der Waals surface area contributed by atoms with Crippen LogP contribution in [0.2, 0.25) is 0 Å². The normalized spacial score (nSPS) is 14.0. The molecule has 1 aliphatic rings. The molecule has 0 N–H and O–H groups in total. The van der Waals surface area contributed by atoms with Gasteiger partial charge in [-0.25, -0.2) is 4.79 Å². The van der Waals surface area contributed by atoms with E-state index in [1.165, 1.54) is 7.11 Å². The minimum Gasteiger partial charge on any atom is -0.496 e. The number of nitrogens with zero attached hydrogens (tertiary/aromatic N) is 1. The average Bonchev–Trinajstić information content (AvgIpc) is 3.17. The van der Waals surface area contributed by atoms with E-state index in [-0.39, 0.29) is 12.5 Å². The number of furan rings is 1. The van der Waals surface area contributed by atoms with Crippen LogP contribution in [0.1, 0.15) is 46.9 Å². The molecule has 0 aliphatic carbocycles. The third kappa shape index (κ3) is 3.65. The predicted octanol–water partition coefficient (Wildman–Crippen LogP) is 4.91. The van der Waals surface area contributed by atoms with E-state index in [9.17, 15) is 9.59 Å². The maximum absolute atomic E-state index is 13.1. The Morgan fingerprint density at radius 3 is 2.47 bits per heavy atom. The Bertz CT molecular complexity index is 1060. The van der Waals surface area contributed by atoms with Crippen molar-refractivity contribution < 1.29 is 23.5 Å². The summed E-state index contributed by atoms with van der Waals surface area (Å²) >= 11 is 0. The van der Waals surface area contributed by atoms with Crippen LogP contribution in [-0.2, 0) is 4.74 Å². The molecule has 6 nitrogen and oxygen atoms in total. The van der Waals surface area contributed by atoms with E-state index in [0.29, 0.717) is 33.6 Å². The van der Waals surface area contributed by atoms with Crippen LogP contribution < -0.4 is 4.74 Å². The van der Waals surface area contributed by atoms with Gasteiger partial charge in [0, 0.05) is 24.0 Å². The highest BCUT2D eigenvalue weighted by Gasteiger charge is 2.28. The molecule has 1 aliphatic heterocycles. The van der Waals surface area contributed by atoms with Crippen molar-refractivity contribution in [3.8, 4) is 17.1 Å². The molecule has 2 aromatic carbocycles. The fourth-order valence-corrected chi connectivity index (χ4v) is 3.93. The molecule has 0 spiro atoms. The van der Waals surface area contributed by atoms with Gasteiger partial charge in [-0.05, 0) is 38.3 Å². The molecular weight excluding hydrogens is 382 g/mol. The average molecular weight is 407 g/mol. The van der Waals surface area contributed by atoms with E-state index in [2.05, 4.69) is 0 Å². The summed E-state index contributed by atoms with van der Waals surface area (Å²) in [5, 5.41) is 0.569. The molecule has 0 bridgehead atoms. The molecular formula is C24H25NO5. The van der Waals surface area contributed by atoms with E-state index < -0.39 is 5.97 Å². The van der Waals surface area contributed by atoms with Gasteiger partial charge in [0.05, 0.1) is 19.3 Å². The first-order valence-corrected chi connectivity index (χ1v) is 10.3. The number of carbonyl (C=O) groups excluding carboxylic acids is 2. The number of esters is 1. The van der Waals surface area contributed by atoms with Crippen molar-refractivity contribution in [2.75, 3.05) is 26.8 Å². The molecule has 0 unspecified atom stereocenters. The topological polar surface area (TPSA) is 69.0 Å². The van der Waals surface area contributed by atoms with Crippen LogP contribution in [-0.4, -0.2) is 43.6 Å². The lowest BCUT2D eigenvalue weighted by atomic mass is 10.0. The number of likely N-dealkylation sites (tertiary alicyclic amines) is 1. The van der Waals surface area contributed by atoms with Gasteiger partial charge in [-0.2, -0.15) is 0 Å². The Morgan fingerprint density at radius 1 is 1.07 bits per heavy atom. The minimum atomic E-state index is -0.465. The smallest absolute Gasteiger partial charge is 0.342 e. The van der Waals surface area contributed by atoms with Gasteiger partial charge in [-0.3, -0.25) is 4.79 Å². The number of hydrogen-bond donors (Lipinski definition) is 0. The van der Waals surface area contributed by atoms with Crippen LogP contribution in [0.25, 0.3) is 22.3 Å². The van der Waals surface area contributed by atoms with Crippen molar-refractivity contribution in [1.82, 2.24) is 4.90 Å². The first-order chi connectivity index (χ1) is 14.6. The van der Waals surface area contributed by atoms with Gasteiger partial charge in [0.1, 0.15) is 22.7 Å². The second-order valence-electron chi connectivity index (χ2n) is 7.29. The van der Waals surface area contributed by atoms with Crippen LogP contribution >= 0.6 is 0 Å². The van der Waals surface area contributed by atoms with E-state index in [4.69, 9.17) is 13.9 Å². The first-order valence-electron chi connectivity index (χ1n) is 10.3. The van der Waals surface area contributed by atoms with E-state index in [1.54, 1.807) is 19.1 Å². The number of piperidine rings is 1. The summed E-state index contributed by atoms with van der Waals surface area (Å²) in [6.45, 7) is 3.49. The monoisotopic (exact) mass is 407 g/mol. The van der Waals surface area contributed by atoms with Crippen molar-refractivity contribution in [3.05, 3.63) is 53.6 Å². The second-order valence-corrected chi connectivity index (χ2v) is 7.29. The molecule has 156 valence electrons. The minimum absolute atomic E-state index is 0.0798. The molecule has 1 fully saturated rings. The molecule has 4 rings (SSSR count). The number of fused-ring (bicyclic) bond motifs is 1. The van der Waals surface area contributed by atoms with E-state index in [0.717, 1.165) is 37.9 Å². The number of rotatable bonds is 5. The lowest BCUT2D eigenvalue weighted by Crippen LogP contribution is -2.35. The zero-order valence-electron chi connectivity index (χ0n) is 17.3. The summed E-state index contributed by atoms with van der Waals surface area (Å²) in [6.07, 6.45) is 3.14. The summed E-state index contributed by atoms with van der Waals surface area (Å²) < 4.78 is 16.9. The standard InChI is InChI=1S/C24H25NO5/c1-3-29-24(27)21-17-14-19(28-2)18(23(26)25-12-8-5-9-13-25)15-20(17)30-22(21)16-10-6-4-7-11-16/h4,6-7,10-11,14-15H,3,5,8-9,12-13H2,1-2H3. The summed E-state index contributed by atoms with van der Waals surface area (Å²) in [7, 11) is 1.52. The Labute approximate surface area is 175 Å². The summed E-state index contributed by atoms with van der Waals surface area (Å²) in [5.74, 6) is 0.300. The van der Waals surface area contributed by atoms with Gasteiger partial charge < -0.3 is 18.8 Å². The maximum atomic E-state index is 13.1. The van der Waals surface area contributed by atoms with Gasteiger partial charge in [0.2, 0.25) is 0 Å². The van der Waals surface area contributed by atoms with Crippen LogP contribution in [0, 0.1) is 0 Å². The third-order valence-electron chi connectivity index (χ3n) is 5.40. The second kappa shape index (κ2) is 8.61. The summed E-state index contributed by atoms with van der Waals surface area (Å²) in [6, 6.07) is 12.8. The van der Waals surface area contributed by atoms with E-state index >= 15 is 0 Å². The van der Waals surface area contributed by atoms with Crippen LogP contribution in [0.5, 0.6) is 5.75 Å². The number of methoxy groups -OCH3 is 1. The fraction of sp³-hybridized carbons (Fsp3) is 0.333. The Kier molecular flexibility index (Phi) is 5.74. The van der Waals surface area contributed by atoms with Crippen molar-refractivity contribution in [3.63, 3.8) is 0 Å². The fourth-order valence-electron chi connectivity index (χ4n) is 3.93. The molecule has 0 radical (unpaired) electrons. The molecule has 1 saturated heterocycles. The molecule has 30 heavy (non-hydrogen) atoms. The summed E-state index contributed by atoms with van der Waals surface area (Å²) in [4.78, 5) is 27.8. The van der Waals surface area contributed by atoms with Crippen LogP contribution in [0.15, 0.2) is 46.9 Å².